The van der Waals surface area contributed by atoms with Crippen molar-refractivity contribution in [2.24, 2.45) is 0 Å². The Kier molecular flexibility index (Phi) is 20.0. The van der Waals surface area contributed by atoms with Gasteiger partial charge in [0.25, 0.3) is 0 Å². The Morgan fingerprint density at radius 3 is 1.25 bits per heavy atom. The van der Waals surface area contributed by atoms with E-state index >= 15 is 0 Å². The molecule has 4 heavy (non-hydrogen) atoms. The number of hydrogen-bond donors (Lipinski definition) is 0. The van der Waals surface area contributed by atoms with Gasteiger partial charge in [-0.05, 0) is 0 Å². The molecule has 0 aromatic heterocycles. The smallest absolute Gasteiger partial charge is 0 e. The van der Waals surface area contributed by atoms with Gasteiger partial charge in [0.1, 0.15) is 0 Å². The summed E-state index contributed by atoms with van der Waals surface area (Å²) in [5.41, 5.74) is 0. The summed E-state index contributed by atoms with van der Waals surface area (Å²) in [5, 5.41) is 0. The van der Waals surface area contributed by atoms with E-state index in [1.807, 2.05) is 0 Å². The molecule has 1 radical (unpaired) electrons. The molecule has 0 amide bonds. The molecule has 23 valence electrons. The van der Waals surface area contributed by atoms with Crippen LogP contribution in [0.2, 0.25) is 0 Å². The number of rotatable bonds is 0. The molecule has 0 heterocycles. The van der Waals surface area contributed by atoms with Gasteiger partial charge < -0.3 is 0 Å². The van der Waals surface area contributed by atoms with E-state index in [9.17, 15) is 0 Å². The standard InChI is InChI=1S/2O.Re.Ti. The molecule has 0 rings (SSSR count). The predicted molar refractivity (Wildman–Crippen MR) is 1.37 cm³/mol. The van der Waals surface area contributed by atoms with E-state index in [0.717, 1.165) is 0 Å². The normalized spacial score (nSPS) is 2.00. The van der Waals surface area contributed by atoms with Crippen LogP contribution in [0.15, 0.2) is 0 Å². The number of hydrogen-bond acceptors (Lipinski definition) is 2. The maximum absolute atomic E-state index is 8.50. The van der Waals surface area contributed by atoms with E-state index < -0.39 is 19.1 Å². The van der Waals surface area contributed by atoms with E-state index in [1.165, 1.54) is 0 Å². The van der Waals surface area contributed by atoms with Crippen LogP contribution in [0, 0.1) is 0 Å². The fourth-order valence-corrected chi connectivity index (χ4v) is 0. The summed E-state index contributed by atoms with van der Waals surface area (Å²) in [6, 6.07) is 0. The van der Waals surface area contributed by atoms with Gasteiger partial charge in [-0.1, -0.05) is 0 Å². The van der Waals surface area contributed by atoms with Gasteiger partial charge in [-0.25, -0.2) is 0 Å². The van der Waals surface area contributed by atoms with Crippen LogP contribution >= 0.6 is 0 Å². The fourth-order valence-electron chi connectivity index (χ4n) is 0. The predicted octanol–water partition coefficient (Wildman–Crippen LogP) is -0.243. The minimum Gasteiger partial charge on any atom is 0 e. The molecule has 0 unspecified atom stereocenters. The summed E-state index contributed by atoms with van der Waals surface area (Å²) >= 11 is -2.00. The maximum Gasteiger partial charge on any atom is 0 e. The van der Waals surface area contributed by atoms with Gasteiger partial charge in [-0.15, -0.1) is 0 Å². The molecule has 0 aromatic rings. The van der Waals surface area contributed by atoms with Crippen molar-refractivity contribution in [1.29, 1.82) is 0 Å². The first-order valence-electron chi connectivity index (χ1n) is 0.408. The second-order valence-electron chi connectivity index (χ2n) is 0.0833. The Morgan fingerprint density at radius 2 is 1.25 bits per heavy atom. The van der Waals surface area contributed by atoms with Crippen molar-refractivity contribution in [3.8, 4) is 0 Å². The van der Waals surface area contributed by atoms with Crippen molar-refractivity contribution in [2.75, 3.05) is 0 Å². The molecule has 0 N–H and O–H groups in total. The Labute approximate surface area is 46.2 Å². The zero-order chi connectivity index (χ0) is 2.71. The minimum atomic E-state index is -2.00. The SMILES string of the molecule is [O]=[Ti]=[O].[Re]. The molecule has 2 nitrogen and oxygen atoms in total. The van der Waals surface area contributed by atoms with Crippen molar-refractivity contribution in [3.63, 3.8) is 0 Å². The summed E-state index contributed by atoms with van der Waals surface area (Å²) < 4.78 is 17.0. The summed E-state index contributed by atoms with van der Waals surface area (Å²) in [5.74, 6) is 0. The van der Waals surface area contributed by atoms with Crippen molar-refractivity contribution in [3.05, 3.63) is 0 Å². The Balaban J connectivity index is 0. The van der Waals surface area contributed by atoms with Gasteiger partial charge in [0.05, 0.1) is 0 Å². The zero-order valence-electron chi connectivity index (χ0n) is 1.69. The van der Waals surface area contributed by atoms with E-state index in [0.29, 0.717) is 0 Å². The molecule has 0 spiro atoms. The van der Waals surface area contributed by atoms with Crippen LogP contribution in [-0.2, 0) is 46.2 Å². The average Bonchev–Trinajstić information content (AvgIpc) is 0.918. The van der Waals surface area contributed by atoms with Gasteiger partial charge >= 0.3 is 25.7 Å². The Hall–Kier alpha value is 0.977. The van der Waals surface area contributed by atoms with Crippen LogP contribution in [0.4, 0.5) is 0 Å². The third-order valence-corrected chi connectivity index (χ3v) is 0. The summed E-state index contributed by atoms with van der Waals surface area (Å²) in [4.78, 5) is 0. The van der Waals surface area contributed by atoms with Crippen molar-refractivity contribution >= 4 is 0 Å². The molecule has 0 saturated heterocycles. The van der Waals surface area contributed by atoms with Crippen LogP contribution in [0.5, 0.6) is 0 Å². The van der Waals surface area contributed by atoms with Crippen LogP contribution in [0.1, 0.15) is 0 Å². The second kappa shape index (κ2) is 9.02. The van der Waals surface area contributed by atoms with Gasteiger partial charge in [-0.2, -0.15) is 0 Å². The second-order valence-corrected chi connectivity index (χ2v) is 0.344. The largest absolute Gasteiger partial charge is 0 e. The molecule has 0 aliphatic carbocycles. The molecule has 4 heteroatoms. The van der Waals surface area contributed by atoms with Gasteiger partial charge in [0, 0.05) is 20.4 Å². The van der Waals surface area contributed by atoms with Crippen LogP contribution in [-0.4, -0.2) is 0 Å². The zero-order valence-corrected chi connectivity index (χ0v) is 5.97. The van der Waals surface area contributed by atoms with E-state index in [-0.39, 0.29) is 20.4 Å². The molecular weight excluding hydrogens is 266 g/mol. The van der Waals surface area contributed by atoms with Crippen molar-refractivity contribution in [1.82, 2.24) is 0 Å². The molecular formula is O2ReTi. The first-order chi connectivity index (χ1) is 1.41. The third kappa shape index (κ3) is 12.2. The van der Waals surface area contributed by atoms with Gasteiger partial charge in [0.15, 0.2) is 0 Å². The molecule has 0 atom stereocenters. The first kappa shape index (κ1) is 8.88. The fraction of sp³-hybridized carbons (Fsp3) is 0. The maximum atomic E-state index is 8.50. The van der Waals surface area contributed by atoms with Crippen LogP contribution < -0.4 is 0 Å². The Morgan fingerprint density at radius 1 is 1.25 bits per heavy atom. The summed E-state index contributed by atoms with van der Waals surface area (Å²) in [6.45, 7) is 0. The van der Waals surface area contributed by atoms with Crippen LogP contribution in [0.25, 0.3) is 0 Å². The molecule has 0 aliphatic heterocycles. The Bertz CT molecular complexity index is 27.0. The summed E-state index contributed by atoms with van der Waals surface area (Å²) in [7, 11) is 0. The topological polar surface area (TPSA) is 34.1 Å². The van der Waals surface area contributed by atoms with Crippen molar-refractivity contribution < 1.29 is 46.2 Å². The third-order valence-electron chi connectivity index (χ3n) is 0. The first-order valence-corrected chi connectivity index (χ1v) is 1.68. The summed E-state index contributed by atoms with van der Waals surface area (Å²) in [6.07, 6.45) is 0. The van der Waals surface area contributed by atoms with Gasteiger partial charge in [0.2, 0.25) is 0 Å². The van der Waals surface area contributed by atoms with E-state index in [2.05, 4.69) is 0 Å². The molecule has 0 aliphatic rings. The molecule has 0 bridgehead atoms. The quantitative estimate of drug-likeness (QED) is 0.567. The van der Waals surface area contributed by atoms with Crippen molar-refractivity contribution in [2.45, 2.75) is 0 Å². The van der Waals surface area contributed by atoms with E-state index in [1.54, 1.807) is 0 Å². The molecule has 0 fully saturated rings. The van der Waals surface area contributed by atoms with E-state index in [4.69, 9.17) is 6.65 Å². The van der Waals surface area contributed by atoms with Gasteiger partial charge in [-0.3, -0.25) is 0 Å². The monoisotopic (exact) mass is 267 g/mol. The molecule has 0 aromatic carbocycles. The average molecular weight is 266 g/mol. The molecule has 0 saturated carbocycles. The minimum absolute atomic E-state index is 0. The van der Waals surface area contributed by atoms with Crippen LogP contribution in [0.3, 0.4) is 0 Å².